The highest BCUT2D eigenvalue weighted by Crippen LogP contribution is 2.23. The number of non-ortho nitro benzene ring substituents is 1. The van der Waals surface area contributed by atoms with Gasteiger partial charge in [0.2, 0.25) is 0 Å². The summed E-state index contributed by atoms with van der Waals surface area (Å²) in [5, 5.41) is 14.2. The summed E-state index contributed by atoms with van der Waals surface area (Å²) >= 11 is 5.84. The number of nitro benzene ring substituents is 1. The molecule has 6 nitrogen and oxygen atoms in total. The predicted molar refractivity (Wildman–Crippen MR) is 76.1 cm³/mol. The summed E-state index contributed by atoms with van der Waals surface area (Å²) in [5.74, 6) is -0.234. The van der Waals surface area contributed by atoms with Crippen molar-refractivity contribution in [1.29, 1.82) is 0 Å². The van der Waals surface area contributed by atoms with E-state index in [9.17, 15) is 14.9 Å². The van der Waals surface area contributed by atoms with Crippen molar-refractivity contribution in [1.82, 2.24) is 10.2 Å². The third kappa shape index (κ3) is 3.26. The Morgan fingerprint density at radius 3 is 2.65 bits per heavy atom. The van der Waals surface area contributed by atoms with Crippen LogP contribution in [-0.4, -0.2) is 41.9 Å². The number of piperidine rings is 1. The van der Waals surface area contributed by atoms with Crippen molar-refractivity contribution in [2.75, 3.05) is 20.1 Å². The van der Waals surface area contributed by atoms with Gasteiger partial charge in [0.1, 0.15) is 0 Å². The Morgan fingerprint density at radius 1 is 1.40 bits per heavy atom. The number of amides is 1. The summed E-state index contributed by atoms with van der Waals surface area (Å²) in [6, 6.07) is 4.13. The van der Waals surface area contributed by atoms with Gasteiger partial charge in [-0.1, -0.05) is 11.6 Å². The van der Waals surface area contributed by atoms with Gasteiger partial charge in [0.25, 0.3) is 11.6 Å². The first-order chi connectivity index (χ1) is 9.49. The molecule has 1 aliphatic rings. The van der Waals surface area contributed by atoms with Crippen molar-refractivity contribution < 1.29 is 9.72 Å². The summed E-state index contributed by atoms with van der Waals surface area (Å²) in [6.45, 7) is 1.75. The van der Waals surface area contributed by atoms with Crippen LogP contribution >= 0.6 is 11.6 Å². The number of carbonyl (C=O) groups excluding carboxylic acids is 1. The maximum Gasteiger partial charge on any atom is 0.271 e. The fourth-order valence-corrected chi connectivity index (χ4v) is 2.60. The van der Waals surface area contributed by atoms with Crippen molar-refractivity contribution in [2.45, 2.75) is 18.9 Å². The Morgan fingerprint density at radius 2 is 2.05 bits per heavy atom. The third-order valence-electron chi connectivity index (χ3n) is 3.52. The molecule has 0 bridgehead atoms. The number of nitrogens with one attached hydrogen (secondary N) is 1. The molecule has 2 rings (SSSR count). The minimum Gasteiger partial charge on any atom is -0.339 e. The van der Waals surface area contributed by atoms with Gasteiger partial charge < -0.3 is 10.2 Å². The van der Waals surface area contributed by atoms with Crippen LogP contribution in [0.1, 0.15) is 23.2 Å². The van der Waals surface area contributed by atoms with Gasteiger partial charge in [0.15, 0.2) is 0 Å². The Kier molecular flexibility index (Phi) is 4.57. The van der Waals surface area contributed by atoms with Crippen LogP contribution in [0.2, 0.25) is 5.02 Å². The average molecular weight is 298 g/mol. The second-order valence-corrected chi connectivity index (χ2v) is 5.29. The predicted octanol–water partition coefficient (Wildman–Crippen LogP) is 2.07. The van der Waals surface area contributed by atoms with Crippen LogP contribution in [0.3, 0.4) is 0 Å². The van der Waals surface area contributed by atoms with Gasteiger partial charge in [-0.05, 0) is 32.0 Å². The second kappa shape index (κ2) is 6.19. The molecule has 0 aliphatic carbocycles. The van der Waals surface area contributed by atoms with E-state index in [2.05, 4.69) is 5.32 Å². The minimum atomic E-state index is -0.548. The highest BCUT2D eigenvalue weighted by atomic mass is 35.5. The first kappa shape index (κ1) is 14.7. The quantitative estimate of drug-likeness (QED) is 0.684. The summed E-state index contributed by atoms with van der Waals surface area (Å²) in [5.41, 5.74) is 0.0878. The van der Waals surface area contributed by atoms with Gasteiger partial charge in [-0.2, -0.15) is 0 Å². The molecule has 1 aromatic rings. The molecule has 7 heteroatoms. The van der Waals surface area contributed by atoms with Crippen molar-refractivity contribution in [3.63, 3.8) is 0 Å². The van der Waals surface area contributed by atoms with E-state index in [1.807, 2.05) is 0 Å². The minimum absolute atomic E-state index is 0.154. The molecule has 0 saturated carbocycles. The number of nitro groups is 1. The van der Waals surface area contributed by atoms with E-state index in [0.29, 0.717) is 0 Å². The first-order valence-corrected chi connectivity index (χ1v) is 6.79. The molecular formula is C13H16ClN3O3. The van der Waals surface area contributed by atoms with Gasteiger partial charge in [0.05, 0.1) is 4.92 Å². The van der Waals surface area contributed by atoms with Crippen LogP contribution in [0.25, 0.3) is 0 Å². The first-order valence-electron chi connectivity index (χ1n) is 6.42. The Bertz CT molecular complexity index is 530. The fraction of sp³-hybridized carbons (Fsp3) is 0.462. The lowest BCUT2D eigenvalue weighted by Crippen LogP contribution is -2.43. The summed E-state index contributed by atoms with van der Waals surface area (Å²) in [7, 11) is 1.73. The van der Waals surface area contributed by atoms with Crippen molar-refractivity contribution in [2.24, 2.45) is 0 Å². The highest BCUT2D eigenvalue weighted by molar-refractivity contribution is 6.31. The second-order valence-electron chi connectivity index (χ2n) is 4.85. The number of nitrogens with zero attached hydrogens (tertiary/aromatic N) is 2. The molecule has 1 saturated heterocycles. The average Bonchev–Trinajstić information content (AvgIpc) is 2.46. The number of hydrogen-bond acceptors (Lipinski definition) is 4. The highest BCUT2D eigenvalue weighted by Gasteiger charge is 2.24. The molecule has 20 heavy (non-hydrogen) atoms. The smallest absolute Gasteiger partial charge is 0.271 e. The van der Waals surface area contributed by atoms with Gasteiger partial charge in [0, 0.05) is 35.8 Å². The Labute approximate surface area is 121 Å². The number of benzene rings is 1. The molecule has 1 aromatic carbocycles. The number of hydrogen-bond donors (Lipinski definition) is 1. The van der Waals surface area contributed by atoms with Gasteiger partial charge in [-0.3, -0.25) is 14.9 Å². The number of carbonyl (C=O) groups is 1. The van der Waals surface area contributed by atoms with Gasteiger partial charge >= 0.3 is 0 Å². The van der Waals surface area contributed by atoms with Crippen LogP contribution in [0.15, 0.2) is 18.2 Å². The summed E-state index contributed by atoms with van der Waals surface area (Å²) in [4.78, 5) is 24.3. The van der Waals surface area contributed by atoms with Crippen LogP contribution in [0.5, 0.6) is 0 Å². The zero-order chi connectivity index (χ0) is 14.7. The van der Waals surface area contributed by atoms with E-state index >= 15 is 0 Å². The van der Waals surface area contributed by atoms with Crippen LogP contribution in [0, 0.1) is 10.1 Å². The molecule has 108 valence electrons. The monoisotopic (exact) mass is 297 g/mol. The molecule has 0 atom stereocenters. The largest absolute Gasteiger partial charge is 0.339 e. The van der Waals surface area contributed by atoms with Gasteiger partial charge in [-0.15, -0.1) is 0 Å². The summed E-state index contributed by atoms with van der Waals surface area (Å²) in [6.07, 6.45) is 1.76. The molecule has 1 heterocycles. The fourth-order valence-electron chi connectivity index (χ4n) is 2.37. The summed E-state index contributed by atoms with van der Waals surface area (Å²) < 4.78 is 0. The molecule has 1 amide bonds. The van der Waals surface area contributed by atoms with Crippen LogP contribution in [0.4, 0.5) is 5.69 Å². The lowest BCUT2D eigenvalue weighted by Gasteiger charge is -2.31. The van der Waals surface area contributed by atoms with Crippen molar-refractivity contribution in [3.05, 3.63) is 38.9 Å². The molecule has 1 aliphatic heterocycles. The molecule has 0 aromatic heterocycles. The van der Waals surface area contributed by atoms with Crippen LogP contribution < -0.4 is 5.32 Å². The molecular weight excluding hydrogens is 282 g/mol. The lowest BCUT2D eigenvalue weighted by molar-refractivity contribution is -0.384. The zero-order valence-corrected chi connectivity index (χ0v) is 11.9. The van der Waals surface area contributed by atoms with E-state index in [1.54, 1.807) is 11.9 Å². The van der Waals surface area contributed by atoms with E-state index in [-0.39, 0.29) is 28.2 Å². The maximum atomic E-state index is 12.4. The standard InChI is InChI=1S/C13H16ClN3O3/c1-16(11-2-4-15-5-3-11)13(18)9-6-10(14)8-12(7-9)17(19)20/h6-8,11,15H,2-5H2,1H3. The van der Waals surface area contributed by atoms with Gasteiger partial charge in [-0.25, -0.2) is 0 Å². The molecule has 0 unspecified atom stereocenters. The molecule has 1 fully saturated rings. The van der Waals surface area contributed by atoms with Crippen molar-refractivity contribution >= 4 is 23.2 Å². The van der Waals surface area contributed by atoms with E-state index < -0.39 is 4.92 Å². The zero-order valence-electron chi connectivity index (χ0n) is 11.1. The van der Waals surface area contributed by atoms with Crippen molar-refractivity contribution in [3.8, 4) is 0 Å². The lowest BCUT2D eigenvalue weighted by atomic mass is 10.0. The molecule has 1 N–H and O–H groups in total. The van der Waals surface area contributed by atoms with E-state index in [4.69, 9.17) is 11.6 Å². The number of rotatable bonds is 3. The Balaban J connectivity index is 2.21. The topological polar surface area (TPSA) is 75.5 Å². The normalized spacial score (nSPS) is 15.9. The van der Waals surface area contributed by atoms with E-state index in [0.717, 1.165) is 25.9 Å². The third-order valence-corrected chi connectivity index (χ3v) is 3.74. The maximum absolute atomic E-state index is 12.4. The SMILES string of the molecule is CN(C(=O)c1cc(Cl)cc([N+](=O)[O-])c1)C1CCNCC1. The van der Waals surface area contributed by atoms with E-state index in [1.165, 1.54) is 18.2 Å². The molecule has 0 radical (unpaired) electrons. The molecule has 0 spiro atoms. The Hall–Kier alpha value is -1.66. The number of halogens is 1. The van der Waals surface area contributed by atoms with Crippen LogP contribution in [-0.2, 0) is 0 Å².